The van der Waals surface area contributed by atoms with Gasteiger partial charge >= 0.3 is 0 Å². The van der Waals surface area contributed by atoms with Crippen molar-refractivity contribution in [2.75, 3.05) is 31.5 Å². The summed E-state index contributed by atoms with van der Waals surface area (Å²) in [6.07, 6.45) is 3.84. The molecule has 0 atom stereocenters. The zero-order valence-corrected chi connectivity index (χ0v) is 10.0. The predicted molar refractivity (Wildman–Crippen MR) is 64.2 cm³/mol. The summed E-state index contributed by atoms with van der Waals surface area (Å²) in [4.78, 5) is 6.66. The highest BCUT2D eigenvalue weighted by molar-refractivity contribution is 5.25. The topological polar surface area (TPSA) is 33.1 Å². The molecule has 15 heavy (non-hydrogen) atoms. The van der Waals surface area contributed by atoms with Gasteiger partial charge in [-0.05, 0) is 20.0 Å². The van der Waals surface area contributed by atoms with Crippen molar-refractivity contribution >= 4 is 5.95 Å². The molecule has 0 amide bonds. The monoisotopic (exact) mass is 210 g/mol. The van der Waals surface area contributed by atoms with Crippen molar-refractivity contribution in [3.05, 3.63) is 12.4 Å². The normalized spacial score (nSPS) is 10.9. The second-order valence-corrected chi connectivity index (χ2v) is 3.49. The molecule has 0 aliphatic rings. The Morgan fingerprint density at radius 3 is 2.67 bits per heavy atom. The van der Waals surface area contributed by atoms with Crippen molar-refractivity contribution < 1.29 is 0 Å². The minimum atomic E-state index is 0.957. The molecule has 0 saturated heterocycles. The van der Waals surface area contributed by atoms with Gasteiger partial charge in [-0.25, -0.2) is 4.98 Å². The van der Waals surface area contributed by atoms with Gasteiger partial charge in [-0.1, -0.05) is 13.8 Å². The van der Waals surface area contributed by atoms with E-state index >= 15 is 0 Å². The van der Waals surface area contributed by atoms with Crippen molar-refractivity contribution in [2.24, 2.45) is 0 Å². The Labute approximate surface area is 92.3 Å². The maximum absolute atomic E-state index is 4.27. The lowest BCUT2D eigenvalue weighted by atomic mass is 10.4. The van der Waals surface area contributed by atoms with Crippen LogP contribution in [0.1, 0.15) is 20.8 Å². The molecule has 0 bridgehead atoms. The standard InChI is InChI=1S/C11H22N4/c1-4-14(5-2)9-7-12-11-13-8-10-15(11)6-3/h8,10H,4-7,9H2,1-3H3,(H,12,13). The van der Waals surface area contributed by atoms with Crippen molar-refractivity contribution in [1.82, 2.24) is 14.5 Å². The summed E-state index contributed by atoms with van der Waals surface area (Å²) in [5.74, 6) is 0.977. The fourth-order valence-corrected chi connectivity index (χ4v) is 1.60. The molecule has 0 aliphatic carbocycles. The Kier molecular flexibility index (Phi) is 5.18. The Morgan fingerprint density at radius 2 is 2.07 bits per heavy atom. The number of likely N-dealkylation sites (N-methyl/N-ethyl adjacent to an activating group) is 1. The predicted octanol–water partition coefficient (Wildman–Crippen LogP) is 1.66. The van der Waals surface area contributed by atoms with E-state index in [2.05, 4.69) is 40.5 Å². The first-order valence-electron chi connectivity index (χ1n) is 5.79. The molecule has 0 saturated carbocycles. The van der Waals surface area contributed by atoms with Crippen LogP contribution in [0, 0.1) is 0 Å². The molecule has 0 fully saturated rings. The van der Waals surface area contributed by atoms with Crippen molar-refractivity contribution in [3.8, 4) is 0 Å². The Bertz CT molecular complexity index is 265. The summed E-state index contributed by atoms with van der Waals surface area (Å²) in [7, 11) is 0. The van der Waals surface area contributed by atoms with Crippen LogP contribution in [0.4, 0.5) is 5.95 Å². The Hall–Kier alpha value is -1.03. The summed E-state index contributed by atoms with van der Waals surface area (Å²) < 4.78 is 2.11. The molecule has 1 N–H and O–H groups in total. The van der Waals surface area contributed by atoms with Crippen LogP contribution in [0.25, 0.3) is 0 Å². The van der Waals surface area contributed by atoms with Gasteiger partial charge in [-0.15, -0.1) is 0 Å². The smallest absolute Gasteiger partial charge is 0.202 e. The van der Waals surface area contributed by atoms with Crippen LogP contribution in [-0.2, 0) is 6.54 Å². The molecule has 0 aliphatic heterocycles. The zero-order chi connectivity index (χ0) is 11.1. The third-order valence-corrected chi connectivity index (χ3v) is 2.66. The SMILES string of the molecule is CCN(CC)CCNc1nccn1CC. The molecule has 0 unspecified atom stereocenters. The number of aryl methyl sites for hydroxylation is 1. The summed E-state index contributed by atoms with van der Waals surface area (Å²) in [5.41, 5.74) is 0. The van der Waals surface area contributed by atoms with Crippen LogP contribution < -0.4 is 5.32 Å². The van der Waals surface area contributed by atoms with Gasteiger partial charge in [0.15, 0.2) is 0 Å². The Balaban J connectivity index is 2.31. The van der Waals surface area contributed by atoms with E-state index in [4.69, 9.17) is 0 Å². The Morgan fingerprint density at radius 1 is 1.33 bits per heavy atom. The van der Waals surface area contributed by atoms with Gasteiger partial charge in [0.2, 0.25) is 5.95 Å². The highest BCUT2D eigenvalue weighted by Crippen LogP contribution is 2.02. The average Bonchev–Trinajstić information content (AvgIpc) is 2.72. The summed E-state index contributed by atoms with van der Waals surface area (Å²) in [5, 5.41) is 3.35. The second kappa shape index (κ2) is 6.45. The molecule has 0 spiro atoms. The molecule has 4 heteroatoms. The van der Waals surface area contributed by atoms with E-state index in [9.17, 15) is 0 Å². The van der Waals surface area contributed by atoms with Crippen LogP contribution in [0.3, 0.4) is 0 Å². The molecule has 1 heterocycles. The molecule has 1 rings (SSSR count). The van der Waals surface area contributed by atoms with E-state index in [0.717, 1.165) is 38.7 Å². The number of hydrogen-bond acceptors (Lipinski definition) is 3. The molecule has 1 aromatic heterocycles. The number of hydrogen-bond donors (Lipinski definition) is 1. The third-order valence-electron chi connectivity index (χ3n) is 2.66. The lowest BCUT2D eigenvalue weighted by Crippen LogP contribution is -2.29. The summed E-state index contributed by atoms with van der Waals surface area (Å²) >= 11 is 0. The third kappa shape index (κ3) is 3.55. The fourth-order valence-electron chi connectivity index (χ4n) is 1.60. The number of nitrogens with one attached hydrogen (secondary N) is 1. The molecule has 1 aromatic rings. The lowest BCUT2D eigenvalue weighted by Gasteiger charge is -2.18. The van der Waals surface area contributed by atoms with Crippen LogP contribution in [0.15, 0.2) is 12.4 Å². The highest BCUT2D eigenvalue weighted by Gasteiger charge is 2.01. The number of anilines is 1. The minimum absolute atomic E-state index is 0.957. The highest BCUT2D eigenvalue weighted by atomic mass is 15.2. The summed E-state index contributed by atoms with van der Waals surface area (Å²) in [6, 6.07) is 0. The van der Waals surface area contributed by atoms with Gasteiger partial charge < -0.3 is 14.8 Å². The number of imidazole rings is 1. The van der Waals surface area contributed by atoms with Gasteiger partial charge in [0.25, 0.3) is 0 Å². The number of aromatic nitrogens is 2. The van der Waals surface area contributed by atoms with Crippen molar-refractivity contribution in [1.29, 1.82) is 0 Å². The number of rotatable bonds is 7. The quantitative estimate of drug-likeness (QED) is 0.743. The van der Waals surface area contributed by atoms with Crippen LogP contribution in [-0.4, -0.2) is 40.6 Å². The van der Waals surface area contributed by atoms with Gasteiger partial charge in [0.1, 0.15) is 0 Å². The van der Waals surface area contributed by atoms with E-state index in [0.29, 0.717) is 0 Å². The van der Waals surface area contributed by atoms with Crippen LogP contribution >= 0.6 is 0 Å². The van der Waals surface area contributed by atoms with Gasteiger partial charge in [0.05, 0.1) is 0 Å². The molecular formula is C11H22N4. The van der Waals surface area contributed by atoms with Gasteiger partial charge in [-0.3, -0.25) is 0 Å². The molecule has 86 valence electrons. The lowest BCUT2D eigenvalue weighted by molar-refractivity contribution is 0.315. The molecule has 0 aromatic carbocycles. The molecule has 4 nitrogen and oxygen atoms in total. The van der Waals surface area contributed by atoms with Crippen LogP contribution in [0.2, 0.25) is 0 Å². The van der Waals surface area contributed by atoms with Crippen molar-refractivity contribution in [2.45, 2.75) is 27.3 Å². The van der Waals surface area contributed by atoms with Gasteiger partial charge in [-0.2, -0.15) is 0 Å². The maximum Gasteiger partial charge on any atom is 0.202 e. The molecule has 0 radical (unpaired) electrons. The molecular weight excluding hydrogens is 188 g/mol. The zero-order valence-electron chi connectivity index (χ0n) is 10.0. The largest absolute Gasteiger partial charge is 0.354 e. The maximum atomic E-state index is 4.27. The van der Waals surface area contributed by atoms with Gasteiger partial charge in [0, 0.05) is 32.0 Å². The minimum Gasteiger partial charge on any atom is -0.354 e. The first kappa shape index (κ1) is 12.0. The van der Waals surface area contributed by atoms with E-state index in [1.807, 2.05) is 12.4 Å². The summed E-state index contributed by atoms with van der Waals surface area (Å²) in [6.45, 7) is 11.7. The first-order valence-corrected chi connectivity index (χ1v) is 5.79. The van der Waals surface area contributed by atoms with E-state index in [1.165, 1.54) is 0 Å². The first-order chi connectivity index (χ1) is 7.31. The van der Waals surface area contributed by atoms with Crippen LogP contribution in [0.5, 0.6) is 0 Å². The number of nitrogens with zero attached hydrogens (tertiary/aromatic N) is 3. The van der Waals surface area contributed by atoms with Crippen molar-refractivity contribution in [3.63, 3.8) is 0 Å². The van der Waals surface area contributed by atoms with E-state index in [1.54, 1.807) is 0 Å². The average molecular weight is 210 g/mol. The fraction of sp³-hybridized carbons (Fsp3) is 0.727. The second-order valence-electron chi connectivity index (χ2n) is 3.49. The van der Waals surface area contributed by atoms with E-state index < -0.39 is 0 Å². The van der Waals surface area contributed by atoms with E-state index in [-0.39, 0.29) is 0 Å².